The van der Waals surface area contributed by atoms with Crippen LogP contribution in [0.4, 0.5) is 4.79 Å². The molecule has 0 saturated carbocycles. The first kappa shape index (κ1) is 14.3. The van der Waals surface area contributed by atoms with Gasteiger partial charge in [0.25, 0.3) is 5.56 Å². The summed E-state index contributed by atoms with van der Waals surface area (Å²) in [5, 5.41) is 9.80. The lowest BCUT2D eigenvalue weighted by molar-refractivity contribution is -0.0480. The number of hydrogen-bond donors (Lipinski definition) is 3. The molecule has 1 fully saturated rings. The third kappa shape index (κ3) is 2.89. The van der Waals surface area contributed by atoms with Gasteiger partial charge in [0.15, 0.2) is 0 Å². The van der Waals surface area contributed by atoms with E-state index in [1.54, 1.807) is 6.92 Å². The van der Waals surface area contributed by atoms with Crippen molar-refractivity contribution in [1.82, 2.24) is 9.55 Å². The van der Waals surface area contributed by atoms with E-state index < -0.39 is 35.8 Å². The maximum absolute atomic E-state index is 11.7. The lowest BCUT2D eigenvalue weighted by atomic mass is 10.2. The Kier molecular flexibility index (Phi) is 3.91. The molecule has 1 aliphatic rings. The Bertz CT molecular complexity index is 621. The molecule has 9 nitrogen and oxygen atoms in total. The van der Waals surface area contributed by atoms with Gasteiger partial charge in [0, 0.05) is 18.2 Å². The number of aryl methyl sites for hydroxylation is 1. The van der Waals surface area contributed by atoms with Crippen LogP contribution in [0.1, 0.15) is 18.2 Å². The highest BCUT2D eigenvalue weighted by atomic mass is 16.6. The largest absolute Gasteiger partial charge is 0.447 e. The zero-order valence-electron chi connectivity index (χ0n) is 10.7. The van der Waals surface area contributed by atoms with Crippen molar-refractivity contribution in [2.75, 3.05) is 6.61 Å². The van der Waals surface area contributed by atoms with Crippen LogP contribution in [0.15, 0.2) is 15.8 Å². The smallest absolute Gasteiger partial charge is 0.404 e. The van der Waals surface area contributed by atoms with Gasteiger partial charge in [-0.3, -0.25) is 14.3 Å². The van der Waals surface area contributed by atoms with Gasteiger partial charge in [0.2, 0.25) is 0 Å². The number of carbonyl (C=O) groups is 1. The Hall–Kier alpha value is -2.13. The molecule has 20 heavy (non-hydrogen) atoms. The van der Waals surface area contributed by atoms with Crippen LogP contribution < -0.4 is 17.0 Å². The summed E-state index contributed by atoms with van der Waals surface area (Å²) in [5.74, 6) is 0. The third-order valence-electron chi connectivity index (χ3n) is 3.05. The standard InChI is InChI=1S/C11H15N3O6/c1-5-3-14(11(18)13-9(5)16)8-2-6(15)7(20-8)4-19-10(12)17/h3,6-8,15H,2,4H2,1H3,(H2,12,17)(H,13,16,18)/t6-,7+,8-/m1/s1. The van der Waals surface area contributed by atoms with Crippen molar-refractivity contribution in [3.05, 3.63) is 32.6 Å². The number of aromatic nitrogens is 2. The number of aliphatic hydroxyl groups is 1. The number of aromatic amines is 1. The van der Waals surface area contributed by atoms with Gasteiger partial charge in [-0.25, -0.2) is 9.59 Å². The molecule has 3 atom stereocenters. The van der Waals surface area contributed by atoms with E-state index in [0.29, 0.717) is 5.56 Å². The topological polar surface area (TPSA) is 137 Å². The second kappa shape index (κ2) is 5.47. The molecule has 0 aromatic carbocycles. The van der Waals surface area contributed by atoms with Crippen LogP contribution in [0.25, 0.3) is 0 Å². The van der Waals surface area contributed by atoms with Gasteiger partial charge in [-0.15, -0.1) is 0 Å². The molecule has 0 spiro atoms. The van der Waals surface area contributed by atoms with Crippen molar-refractivity contribution < 1.29 is 19.4 Å². The molecule has 0 unspecified atom stereocenters. The zero-order chi connectivity index (χ0) is 14.9. The van der Waals surface area contributed by atoms with Crippen LogP contribution in [-0.4, -0.2) is 39.6 Å². The van der Waals surface area contributed by atoms with Gasteiger partial charge >= 0.3 is 11.8 Å². The van der Waals surface area contributed by atoms with E-state index >= 15 is 0 Å². The van der Waals surface area contributed by atoms with Crippen molar-refractivity contribution in [3.8, 4) is 0 Å². The summed E-state index contributed by atoms with van der Waals surface area (Å²) in [7, 11) is 0. The van der Waals surface area contributed by atoms with E-state index in [1.807, 2.05) is 0 Å². The molecule has 9 heteroatoms. The summed E-state index contributed by atoms with van der Waals surface area (Å²) in [6.07, 6.45) is -1.89. The van der Waals surface area contributed by atoms with Crippen LogP contribution in [0.5, 0.6) is 0 Å². The van der Waals surface area contributed by atoms with E-state index in [2.05, 4.69) is 9.72 Å². The number of amides is 1. The average Bonchev–Trinajstić information content (AvgIpc) is 2.72. The van der Waals surface area contributed by atoms with Crippen molar-refractivity contribution >= 4 is 6.09 Å². The Labute approximate surface area is 112 Å². The highest BCUT2D eigenvalue weighted by Gasteiger charge is 2.36. The molecular formula is C11H15N3O6. The van der Waals surface area contributed by atoms with Crippen LogP contribution in [-0.2, 0) is 9.47 Å². The average molecular weight is 285 g/mol. The predicted octanol–water partition coefficient (Wildman–Crippen LogP) is -1.41. The molecule has 1 aliphatic heterocycles. The molecule has 0 bridgehead atoms. The summed E-state index contributed by atoms with van der Waals surface area (Å²) >= 11 is 0. The third-order valence-corrected chi connectivity index (χ3v) is 3.05. The molecule has 1 amide bonds. The first-order chi connectivity index (χ1) is 9.38. The molecular weight excluding hydrogens is 270 g/mol. The molecule has 4 N–H and O–H groups in total. The number of nitrogens with zero attached hydrogens (tertiary/aromatic N) is 1. The molecule has 0 radical (unpaired) electrons. The number of rotatable bonds is 3. The molecule has 0 aliphatic carbocycles. The Morgan fingerprint density at radius 1 is 1.65 bits per heavy atom. The Morgan fingerprint density at radius 2 is 2.35 bits per heavy atom. The predicted molar refractivity (Wildman–Crippen MR) is 66.1 cm³/mol. The fourth-order valence-corrected chi connectivity index (χ4v) is 2.00. The van der Waals surface area contributed by atoms with Gasteiger partial charge in [-0.1, -0.05) is 0 Å². The second-order valence-electron chi connectivity index (χ2n) is 4.54. The van der Waals surface area contributed by atoms with Gasteiger partial charge in [0.1, 0.15) is 18.9 Å². The van der Waals surface area contributed by atoms with Gasteiger partial charge in [0.05, 0.1) is 6.10 Å². The van der Waals surface area contributed by atoms with Crippen molar-refractivity contribution in [3.63, 3.8) is 0 Å². The van der Waals surface area contributed by atoms with Crippen molar-refractivity contribution in [1.29, 1.82) is 0 Å². The number of hydrogen-bond acceptors (Lipinski definition) is 6. The summed E-state index contributed by atoms with van der Waals surface area (Å²) < 4.78 is 11.2. The molecule has 1 aromatic rings. The van der Waals surface area contributed by atoms with Gasteiger partial charge < -0.3 is 20.3 Å². The number of nitrogens with two attached hydrogens (primary N) is 1. The molecule has 2 rings (SSSR count). The number of aliphatic hydroxyl groups excluding tert-OH is 1. The van der Waals surface area contributed by atoms with E-state index in [9.17, 15) is 19.5 Å². The number of nitrogens with one attached hydrogen (secondary N) is 1. The zero-order valence-corrected chi connectivity index (χ0v) is 10.7. The van der Waals surface area contributed by atoms with Crippen molar-refractivity contribution in [2.45, 2.75) is 31.8 Å². The molecule has 2 heterocycles. The second-order valence-corrected chi connectivity index (χ2v) is 4.54. The first-order valence-corrected chi connectivity index (χ1v) is 5.96. The van der Waals surface area contributed by atoms with Crippen LogP contribution in [0, 0.1) is 6.92 Å². The monoisotopic (exact) mass is 285 g/mol. The van der Waals surface area contributed by atoms with E-state index in [1.165, 1.54) is 10.8 Å². The summed E-state index contributed by atoms with van der Waals surface area (Å²) in [4.78, 5) is 35.6. The minimum Gasteiger partial charge on any atom is -0.447 e. The fourth-order valence-electron chi connectivity index (χ4n) is 2.00. The number of carbonyl (C=O) groups excluding carboxylic acids is 1. The minimum atomic E-state index is -0.971. The number of H-pyrrole nitrogens is 1. The lowest BCUT2D eigenvalue weighted by Gasteiger charge is -2.15. The normalized spacial score (nSPS) is 25.6. The lowest BCUT2D eigenvalue weighted by Crippen LogP contribution is -2.33. The minimum absolute atomic E-state index is 0.137. The number of ether oxygens (including phenoxy) is 2. The van der Waals surface area contributed by atoms with Crippen LogP contribution in [0.2, 0.25) is 0 Å². The van der Waals surface area contributed by atoms with E-state index in [0.717, 1.165) is 0 Å². The summed E-state index contributed by atoms with van der Waals surface area (Å²) in [6.45, 7) is 1.35. The Balaban J connectivity index is 2.16. The summed E-state index contributed by atoms with van der Waals surface area (Å²) in [5.41, 5.74) is 4.07. The van der Waals surface area contributed by atoms with Crippen LogP contribution >= 0.6 is 0 Å². The Morgan fingerprint density at radius 3 is 3.00 bits per heavy atom. The highest BCUT2D eigenvalue weighted by Crippen LogP contribution is 2.27. The van der Waals surface area contributed by atoms with Gasteiger partial charge in [-0.05, 0) is 6.92 Å². The summed E-state index contributed by atoms with van der Waals surface area (Å²) in [6, 6.07) is 0. The maximum atomic E-state index is 11.7. The highest BCUT2D eigenvalue weighted by molar-refractivity contribution is 5.64. The number of primary amides is 1. The first-order valence-electron chi connectivity index (χ1n) is 5.96. The van der Waals surface area contributed by atoms with Gasteiger partial charge in [-0.2, -0.15) is 0 Å². The fraction of sp³-hybridized carbons (Fsp3) is 0.545. The van der Waals surface area contributed by atoms with Crippen LogP contribution in [0.3, 0.4) is 0 Å². The van der Waals surface area contributed by atoms with E-state index in [4.69, 9.17) is 10.5 Å². The van der Waals surface area contributed by atoms with Crippen molar-refractivity contribution in [2.24, 2.45) is 5.73 Å². The van der Waals surface area contributed by atoms with E-state index in [-0.39, 0.29) is 13.0 Å². The molecule has 110 valence electrons. The SMILES string of the molecule is Cc1cn([C@H]2C[C@@H](O)[C@H](COC(N)=O)O2)c(=O)[nH]c1=O. The maximum Gasteiger partial charge on any atom is 0.404 e. The quantitative estimate of drug-likeness (QED) is 0.624. The molecule has 1 aromatic heterocycles. The molecule has 1 saturated heterocycles.